The predicted octanol–water partition coefficient (Wildman–Crippen LogP) is 4.62. The van der Waals surface area contributed by atoms with E-state index in [0.717, 1.165) is 11.3 Å². The van der Waals surface area contributed by atoms with Crippen molar-refractivity contribution >= 4 is 17.3 Å². The van der Waals surface area contributed by atoms with E-state index in [1.165, 1.54) is 5.56 Å². The van der Waals surface area contributed by atoms with E-state index in [-0.39, 0.29) is 0 Å². The number of halogens is 1. The van der Waals surface area contributed by atoms with Crippen LogP contribution in [0.25, 0.3) is 0 Å². The molecule has 19 heavy (non-hydrogen) atoms. The van der Waals surface area contributed by atoms with Crippen LogP contribution in [-0.2, 0) is 6.61 Å². The molecule has 2 aromatic rings. The summed E-state index contributed by atoms with van der Waals surface area (Å²) in [4.78, 5) is 0. The molecule has 3 heteroatoms. The normalized spacial score (nSPS) is 10.7. The lowest BCUT2D eigenvalue weighted by Crippen LogP contribution is -2.02. The molecule has 2 rings (SSSR count). The number of ether oxygens (including phenoxy) is 1. The third kappa shape index (κ3) is 3.42. The summed E-state index contributed by atoms with van der Waals surface area (Å²) in [6.07, 6.45) is 0. The molecule has 0 spiro atoms. The Morgan fingerprint density at radius 1 is 1.16 bits per heavy atom. The van der Waals surface area contributed by atoms with Crippen molar-refractivity contribution in [3.8, 4) is 5.75 Å². The minimum atomic E-state index is 0.429. The minimum absolute atomic E-state index is 0.429. The van der Waals surface area contributed by atoms with Crippen LogP contribution in [0.2, 0.25) is 5.02 Å². The van der Waals surface area contributed by atoms with E-state index >= 15 is 0 Å². The van der Waals surface area contributed by atoms with Gasteiger partial charge in [-0.25, -0.2) is 0 Å². The molecule has 0 atom stereocenters. The van der Waals surface area contributed by atoms with E-state index in [4.69, 9.17) is 22.1 Å². The number of nitrogen functional groups attached to an aromatic ring is 1. The van der Waals surface area contributed by atoms with Crippen LogP contribution in [0.3, 0.4) is 0 Å². The minimum Gasteiger partial charge on any atom is -0.489 e. The first-order valence-electron chi connectivity index (χ1n) is 6.33. The standard InChI is InChI=1S/C16H18ClNO/c1-11(2)14-5-3-4-6-16(14)19-10-12-7-8-13(17)9-15(12)18/h3-9,11H,10,18H2,1-2H3. The zero-order valence-electron chi connectivity index (χ0n) is 11.2. The van der Waals surface area contributed by atoms with E-state index in [1.807, 2.05) is 30.3 Å². The van der Waals surface area contributed by atoms with Gasteiger partial charge in [-0.15, -0.1) is 0 Å². The highest BCUT2D eigenvalue weighted by molar-refractivity contribution is 6.30. The van der Waals surface area contributed by atoms with Crippen molar-refractivity contribution < 1.29 is 4.74 Å². The van der Waals surface area contributed by atoms with Crippen molar-refractivity contribution in [3.05, 3.63) is 58.6 Å². The maximum absolute atomic E-state index is 5.92. The Morgan fingerprint density at radius 3 is 2.58 bits per heavy atom. The Kier molecular flexibility index (Phi) is 4.33. The van der Waals surface area contributed by atoms with Crippen molar-refractivity contribution in [2.45, 2.75) is 26.4 Å². The highest BCUT2D eigenvalue weighted by Crippen LogP contribution is 2.27. The van der Waals surface area contributed by atoms with E-state index in [0.29, 0.717) is 23.2 Å². The van der Waals surface area contributed by atoms with Gasteiger partial charge in [-0.1, -0.05) is 49.7 Å². The van der Waals surface area contributed by atoms with Crippen molar-refractivity contribution in [1.82, 2.24) is 0 Å². The Morgan fingerprint density at radius 2 is 1.89 bits per heavy atom. The van der Waals surface area contributed by atoms with Crippen molar-refractivity contribution in [2.75, 3.05) is 5.73 Å². The molecule has 0 radical (unpaired) electrons. The van der Waals surface area contributed by atoms with Gasteiger partial charge in [0.15, 0.2) is 0 Å². The lowest BCUT2D eigenvalue weighted by molar-refractivity contribution is 0.302. The van der Waals surface area contributed by atoms with Gasteiger partial charge in [-0.3, -0.25) is 0 Å². The molecule has 100 valence electrons. The van der Waals surface area contributed by atoms with Gasteiger partial charge < -0.3 is 10.5 Å². The second-order valence-electron chi connectivity index (χ2n) is 4.82. The largest absolute Gasteiger partial charge is 0.489 e. The fourth-order valence-corrected chi connectivity index (χ4v) is 2.12. The van der Waals surface area contributed by atoms with Crippen LogP contribution in [0.15, 0.2) is 42.5 Å². The van der Waals surface area contributed by atoms with E-state index < -0.39 is 0 Å². The monoisotopic (exact) mass is 275 g/mol. The number of benzene rings is 2. The first-order valence-corrected chi connectivity index (χ1v) is 6.71. The Labute approximate surface area is 119 Å². The van der Waals surface area contributed by atoms with Gasteiger partial charge in [0.25, 0.3) is 0 Å². The fourth-order valence-electron chi connectivity index (χ4n) is 1.94. The molecular weight excluding hydrogens is 258 g/mol. The lowest BCUT2D eigenvalue weighted by Gasteiger charge is -2.14. The molecule has 0 fully saturated rings. The van der Waals surface area contributed by atoms with Gasteiger partial charge in [-0.2, -0.15) is 0 Å². The summed E-state index contributed by atoms with van der Waals surface area (Å²) >= 11 is 5.88. The summed E-state index contributed by atoms with van der Waals surface area (Å²) in [5.74, 6) is 1.34. The van der Waals surface area contributed by atoms with E-state index in [9.17, 15) is 0 Å². The Bertz CT molecular complexity index is 566. The average Bonchev–Trinajstić information content (AvgIpc) is 2.38. The van der Waals surface area contributed by atoms with Gasteiger partial charge in [0, 0.05) is 16.3 Å². The zero-order chi connectivity index (χ0) is 13.8. The Hall–Kier alpha value is -1.67. The van der Waals surface area contributed by atoms with Crippen LogP contribution in [0.1, 0.15) is 30.9 Å². The van der Waals surface area contributed by atoms with Crippen LogP contribution in [0.5, 0.6) is 5.75 Å². The molecule has 0 amide bonds. The molecule has 0 bridgehead atoms. The molecule has 2 nitrogen and oxygen atoms in total. The molecule has 0 aliphatic heterocycles. The summed E-state index contributed by atoms with van der Waals surface area (Å²) in [6, 6.07) is 13.5. The van der Waals surface area contributed by atoms with Crippen LogP contribution >= 0.6 is 11.6 Å². The summed E-state index contributed by atoms with van der Waals surface area (Å²) in [7, 11) is 0. The van der Waals surface area contributed by atoms with Crippen LogP contribution < -0.4 is 10.5 Å². The van der Waals surface area contributed by atoms with Gasteiger partial charge in [0.1, 0.15) is 12.4 Å². The number of para-hydroxylation sites is 1. The Balaban J connectivity index is 2.14. The molecular formula is C16H18ClNO. The highest BCUT2D eigenvalue weighted by Gasteiger charge is 2.08. The second kappa shape index (κ2) is 5.98. The smallest absolute Gasteiger partial charge is 0.123 e. The van der Waals surface area contributed by atoms with Gasteiger partial charge in [0.2, 0.25) is 0 Å². The molecule has 2 aromatic carbocycles. The number of anilines is 1. The van der Waals surface area contributed by atoms with E-state index in [1.54, 1.807) is 6.07 Å². The zero-order valence-corrected chi connectivity index (χ0v) is 11.9. The maximum atomic E-state index is 5.92. The number of rotatable bonds is 4. The van der Waals surface area contributed by atoms with Gasteiger partial charge in [0.05, 0.1) is 0 Å². The third-order valence-corrected chi connectivity index (χ3v) is 3.27. The first-order chi connectivity index (χ1) is 9.08. The molecule has 0 saturated carbocycles. The first kappa shape index (κ1) is 13.8. The molecule has 0 aliphatic carbocycles. The van der Waals surface area contributed by atoms with Crippen molar-refractivity contribution in [3.63, 3.8) is 0 Å². The average molecular weight is 276 g/mol. The third-order valence-electron chi connectivity index (χ3n) is 3.03. The fraction of sp³-hybridized carbons (Fsp3) is 0.250. The molecule has 0 heterocycles. The second-order valence-corrected chi connectivity index (χ2v) is 5.26. The molecule has 0 aliphatic rings. The lowest BCUT2D eigenvalue weighted by atomic mass is 10.0. The summed E-state index contributed by atoms with van der Waals surface area (Å²) in [5, 5.41) is 0.642. The number of nitrogens with two attached hydrogens (primary N) is 1. The summed E-state index contributed by atoms with van der Waals surface area (Å²) in [6.45, 7) is 4.75. The van der Waals surface area contributed by atoms with Crippen molar-refractivity contribution in [1.29, 1.82) is 0 Å². The van der Waals surface area contributed by atoms with Gasteiger partial charge in [-0.05, 0) is 29.7 Å². The van der Waals surface area contributed by atoms with Crippen LogP contribution in [-0.4, -0.2) is 0 Å². The number of hydrogen-bond acceptors (Lipinski definition) is 2. The highest BCUT2D eigenvalue weighted by atomic mass is 35.5. The molecule has 0 saturated heterocycles. The molecule has 0 unspecified atom stereocenters. The quantitative estimate of drug-likeness (QED) is 0.826. The molecule has 0 aromatic heterocycles. The molecule has 2 N–H and O–H groups in total. The maximum Gasteiger partial charge on any atom is 0.123 e. The van der Waals surface area contributed by atoms with Crippen molar-refractivity contribution in [2.24, 2.45) is 0 Å². The van der Waals surface area contributed by atoms with Crippen LogP contribution in [0, 0.1) is 0 Å². The predicted molar refractivity (Wildman–Crippen MR) is 80.7 cm³/mol. The van der Waals surface area contributed by atoms with E-state index in [2.05, 4.69) is 19.9 Å². The number of hydrogen-bond donors (Lipinski definition) is 1. The topological polar surface area (TPSA) is 35.2 Å². The summed E-state index contributed by atoms with van der Waals surface area (Å²) < 4.78 is 5.88. The van der Waals surface area contributed by atoms with Gasteiger partial charge >= 0.3 is 0 Å². The summed E-state index contributed by atoms with van der Waals surface area (Å²) in [5.41, 5.74) is 8.73. The SMILES string of the molecule is CC(C)c1ccccc1OCc1ccc(Cl)cc1N. The van der Waals surface area contributed by atoms with Crippen LogP contribution in [0.4, 0.5) is 5.69 Å².